The van der Waals surface area contributed by atoms with Crippen LogP contribution in [0.5, 0.6) is 0 Å². The molecule has 0 aromatic carbocycles. The summed E-state index contributed by atoms with van der Waals surface area (Å²) < 4.78 is 0. The molecule has 0 aliphatic carbocycles. The maximum Gasteiger partial charge on any atom is 0.267 e. The van der Waals surface area contributed by atoms with Gasteiger partial charge in [0.2, 0.25) is 0 Å². The van der Waals surface area contributed by atoms with E-state index in [0.717, 1.165) is 25.3 Å². The molecule has 4 N–H and O–H groups in total. The number of piperidine rings is 1. The van der Waals surface area contributed by atoms with E-state index in [2.05, 4.69) is 16.8 Å². The first-order chi connectivity index (χ1) is 8.08. The van der Waals surface area contributed by atoms with Gasteiger partial charge in [-0.15, -0.1) is 0 Å². The Balaban J connectivity index is 2.17. The van der Waals surface area contributed by atoms with Crippen LogP contribution in [0.2, 0.25) is 0 Å². The minimum atomic E-state index is -0.492. The number of hydrogen-bond donors (Lipinski definition) is 2. The van der Waals surface area contributed by atoms with Crippen LogP contribution in [0, 0.1) is 5.92 Å². The Hall–Kier alpha value is -1.62. The van der Waals surface area contributed by atoms with Gasteiger partial charge < -0.3 is 16.4 Å². The largest absolute Gasteiger partial charge is 0.364 e. The van der Waals surface area contributed by atoms with E-state index in [-0.39, 0.29) is 6.04 Å². The summed E-state index contributed by atoms with van der Waals surface area (Å²) in [6, 6.07) is 5.59. The van der Waals surface area contributed by atoms with E-state index in [9.17, 15) is 4.79 Å². The van der Waals surface area contributed by atoms with Gasteiger partial charge in [0.15, 0.2) is 0 Å². The van der Waals surface area contributed by atoms with Gasteiger partial charge >= 0.3 is 0 Å². The highest BCUT2D eigenvalue weighted by atomic mass is 16.1. The van der Waals surface area contributed by atoms with Gasteiger partial charge in [0, 0.05) is 19.1 Å². The molecule has 1 fully saturated rings. The maximum atomic E-state index is 11.1. The van der Waals surface area contributed by atoms with Crippen molar-refractivity contribution < 1.29 is 4.79 Å². The predicted molar refractivity (Wildman–Crippen MR) is 66.7 cm³/mol. The average molecular weight is 234 g/mol. The van der Waals surface area contributed by atoms with E-state index in [1.165, 1.54) is 0 Å². The molecule has 17 heavy (non-hydrogen) atoms. The number of anilines is 1. The molecule has 1 aromatic rings. The zero-order chi connectivity index (χ0) is 12.4. The molecule has 0 bridgehead atoms. The molecule has 1 aromatic heterocycles. The normalized spacial score (nSPS) is 24.7. The third-order valence-corrected chi connectivity index (χ3v) is 3.28. The van der Waals surface area contributed by atoms with Crippen molar-refractivity contribution in [2.24, 2.45) is 17.4 Å². The fourth-order valence-electron chi connectivity index (χ4n) is 2.11. The lowest BCUT2D eigenvalue weighted by atomic mass is 9.95. The molecule has 0 spiro atoms. The lowest BCUT2D eigenvalue weighted by molar-refractivity contribution is 0.0995. The number of nitrogens with two attached hydrogens (primary N) is 2. The molecule has 5 nitrogen and oxygen atoms in total. The van der Waals surface area contributed by atoms with Crippen molar-refractivity contribution in [3.05, 3.63) is 23.9 Å². The summed E-state index contributed by atoms with van der Waals surface area (Å²) in [6.45, 7) is 3.88. The molecule has 2 heterocycles. The van der Waals surface area contributed by atoms with E-state index in [1.54, 1.807) is 6.07 Å². The lowest BCUT2D eigenvalue weighted by Gasteiger charge is -2.35. The minimum Gasteiger partial charge on any atom is -0.364 e. The highest BCUT2D eigenvalue weighted by Gasteiger charge is 2.24. The molecule has 1 aliphatic rings. The third-order valence-electron chi connectivity index (χ3n) is 3.28. The number of amides is 1. The van der Waals surface area contributed by atoms with Crippen LogP contribution in [0.15, 0.2) is 18.2 Å². The zero-order valence-electron chi connectivity index (χ0n) is 9.97. The number of nitrogens with zero attached hydrogens (tertiary/aromatic N) is 2. The number of primary amides is 1. The Bertz CT molecular complexity index is 421. The summed E-state index contributed by atoms with van der Waals surface area (Å²) in [6.07, 6.45) is 0.948. The Morgan fingerprint density at radius 1 is 1.53 bits per heavy atom. The fraction of sp³-hybridized carbons (Fsp3) is 0.500. The van der Waals surface area contributed by atoms with Crippen molar-refractivity contribution in [1.29, 1.82) is 0 Å². The molecule has 0 radical (unpaired) electrons. The van der Waals surface area contributed by atoms with Crippen LogP contribution in [0.25, 0.3) is 0 Å². The van der Waals surface area contributed by atoms with Gasteiger partial charge in [0.1, 0.15) is 11.5 Å². The first-order valence-electron chi connectivity index (χ1n) is 5.85. The second-order valence-corrected chi connectivity index (χ2v) is 4.62. The van der Waals surface area contributed by atoms with Crippen LogP contribution in [0.1, 0.15) is 23.8 Å². The highest BCUT2D eigenvalue weighted by Crippen LogP contribution is 2.20. The number of carbonyl (C=O) groups is 1. The van der Waals surface area contributed by atoms with E-state index in [4.69, 9.17) is 11.5 Å². The summed E-state index contributed by atoms with van der Waals surface area (Å²) >= 11 is 0. The van der Waals surface area contributed by atoms with E-state index in [1.807, 2.05) is 12.1 Å². The third kappa shape index (κ3) is 2.55. The van der Waals surface area contributed by atoms with Crippen LogP contribution in [0.3, 0.4) is 0 Å². The van der Waals surface area contributed by atoms with E-state index in [0.29, 0.717) is 11.6 Å². The molecule has 92 valence electrons. The van der Waals surface area contributed by atoms with Crippen LogP contribution >= 0.6 is 0 Å². The molecule has 2 atom stereocenters. The quantitative estimate of drug-likeness (QED) is 0.773. The van der Waals surface area contributed by atoms with E-state index < -0.39 is 5.91 Å². The Labute approximate surface area is 101 Å². The number of pyridine rings is 1. The Morgan fingerprint density at radius 2 is 2.29 bits per heavy atom. The molecule has 5 heteroatoms. The van der Waals surface area contributed by atoms with Crippen molar-refractivity contribution in [1.82, 2.24) is 4.98 Å². The van der Waals surface area contributed by atoms with Gasteiger partial charge in [-0.25, -0.2) is 4.98 Å². The maximum absolute atomic E-state index is 11.1. The first kappa shape index (κ1) is 11.9. The lowest BCUT2D eigenvalue weighted by Crippen LogP contribution is -2.46. The zero-order valence-corrected chi connectivity index (χ0v) is 9.97. The van der Waals surface area contributed by atoms with Crippen molar-refractivity contribution >= 4 is 11.7 Å². The van der Waals surface area contributed by atoms with E-state index >= 15 is 0 Å². The number of aromatic nitrogens is 1. The van der Waals surface area contributed by atoms with Crippen molar-refractivity contribution in [3.63, 3.8) is 0 Å². The molecule has 1 amide bonds. The summed E-state index contributed by atoms with van der Waals surface area (Å²) in [5.41, 5.74) is 11.5. The van der Waals surface area contributed by atoms with Gasteiger partial charge in [0.25, 0.3) is 5.91 Å². The number of carbonyl (C=O) groups excluding carboxylic acids is 1. The molecule has 2 rings (SSSR count). The summed E-state index contributed by atoms with van der Waals surface area (Å²) in [5, 5.41) is 0. The van der Waals surface area contributed by atoms with Crippen LogP contribution in [0.4, 0.5) is 5.82 Å². The SMILES string of the molecule is CC1CN(c2cccc(C(N)=O)n2)CCC1N. The topological polar surface area (TPSA) is 85.2 Å². The Morgan fingerprint density at radius 3 is 2.94 bits per heavy atom. The highest BCUT2D eigenvalue weighted by molar-refractivity contribution is 5.91. The van der Waals surface area contributed by atoms with Gasteiger partial charge in [0.05, 0.1) is 0 Å². The average Bonchev–Trinajstić information content (AvgIpc) is 2.33. The molecule has 1 saturated heterocycles. The molecule has 0 saturated carbocycles. The molecule has 1 aliphatic heterocycles. The van der Waals surface area contributed by atoms with Crippen molar-refractivity contribution in [2.45, 2.75) is 19.4 Å². The van der Waals surface area contributed by atoms with Crippen molar-refractivity contribution in [2.75, 3.05) is 18.0 Å². The summed E-state index contributed by atoms with van der Waals surface area (Å²) in [4.78, 5) is 17.5. The summed E-state index contributed by atoms with van der Waals surface area (Å²) in [7, 11) is 0. The van der Waals surface area contributed by atoms with Gasteiger partial charge in [-0.1, -0.05) is 13.0 Å². The summed E-state index contributed by atoms with van der Waals surface area (Å²) in [5.74, 6) is 0.747. The van der Waals surface area contributed by atoms with Gasteiger partial charge in [-0.2, -0.15) is 0 Å². The van der Waals surface area contributed by atoms with Crippen LogP contribution in [-0.2, 0) is 0 Å². The standard InChI is InChI=1S/C12H18N4O/c1-8-7-16(6-5-9(8)13)11-4-2-3-10(15-11)12(14)17/h2-4,8-9H,5-7,13H2,1H3,(H2,14,17). The number of rotatable bonds is 2. The second-order valence-electron chi connectivity index (χ2n) is 4.62. The monoisotopic (exact) mass is 234 g/mol. The predicted octanol–water partition coefficient (Wildman–Crippen LogP) is 0.354. The molecular formula is C12H18N4O. The van der Waals surface area contributed by atoms with Gasteiger partial charge in [-0.3, -0.25) is 4.79 Å². The second kappa shape index (κ2) is 4.71. The van der Waals surface area contributed by atoms with Crippen LogP contribution in [-0.4, -0.2) is 30.0 Å². The molecular weight excluding hydrogens is 216 g/mol. The van der Waals surface area contributed by atoms with Crippen LogP contribution < -0.4 is 16.4 Å². The molecule has 2 unspecified atom stereocenters. The van der Waals surface area contributed by atoms with Crippen molar-refractivity contribution in [3.8, 4) is 0 Å². The first-order valence-corrected chi connectivity index (χ1v) is 5.85. The van der Waals surface area contributed by atoms with Gasteiger partial charge in [-0.05, 0) is 24.5 Å². The smallest absolute Gasteiger partial charge is 0.267 e. The number of hydrogen-bond acceptors (Lipinski definition) is 4. The fourth-order valence-corrected chi connectivity index (χ4v) is 2.11. The Kier molecular flexibility index (Phi) is 3.28. The minimum absolute atomic E-state index is 0.255.